The monoisotopic (exact) mass is 207 g/mol. The van der Waals surface area contributed by atoms with Gasteiger partial charge in [0.25, 0.3) is 0 Å². The minimum atomic E-state index is 0.0401. The summed E-state index contributed by atoms with van der Waals surface area (Å²) in [6.07, 6.45) is 0.913. The van der Waals surface area contributed by atoms with Crippen molar-refractivity contribution in [1.82, 2.24) is 0 Å². The fraction of sp³-hybridized carbons (Fsp3) is 0.417. The molecule has 1 amide bonds. The van der Waals surface area contributed by atoms with Gasteiger partial charge < -0.3 is 10.0 Å². The van der Waals surface area contributed by atoms with Crippen LogP contribution in [-0.4, -0.2) is 24.7 Å². The van der Waals surface area contributed by atoms with Gasteiger partial charge in [0.2, 0.25) is 5.91 Å². The third-order valence-electron chi connectivity index (χ3n) is 2.40. The highest BCUT2D eigenvalue weighted by molar-refractivity contribution is 5.93. The van der Waals surface area contributed by atoms with Crippen LogP contribution in [-0.2, 0) is 4.79 Å². The van der Waals surface area contributed by atoms with Gasteiger partial charge in [0.1, 0.15) is 0 Å². The first-order valence-electron chi connectivity index (χ1n) is 5.10. The van der Waals surface area contributed by atoms with Crippen LogP contribution in [0.15, 0.2) is 24.3 Å². The summed E-state index contributed by atoms with van der Waals surface area (Å²) >= 11 is 0. The van der Waals surface area contributed by atoms with Crippen LogP contribution in [0.2, 0.25) is 0 Å². The Morgan fingerprint density at radius 3 is 2.67 bits per heavy atom. The molecule has 0 spiro atoms. The summed E-state index contributed by atoms with van der Waals surface area (Å²) in [6.45, 7) is 2.04. The number of hydrogen-bond donors (Lipinski definition) is 1. The third kappa shape index (κ3) is 3.06. The summed E-state index contributed by atoms with van der Waals surface area (Å²) < 4.78 is 0. The van der Waals surface area contributed by atoms with Crippen LogP contribution >= 0.6 is 0 Å². The van der Waals surface area contributed by atoms with E-state index >= 15 is 0 Å². The molecule has 0 saturated carbocycles. The van der Waals surface area contributed by atoms with Crippen LogP contribution in [0.25, 0.3) is 0 Å². The van der Waals surface area contributed by atoms with E-state index in [0.717, 1.165) is 11.3 Å². The SMILES string of the molecule is Cc1ccccc1N(C)C(=O)CCCO. The van der Waals surface area contributed by atoms with Gasteiger partial charge in [-0.15, -0.1) is 0 Å². The second-order valence-corrected chi connectivity index (χ2v) is 3.57. The van der Waals surface area contributed by atoms with E-state index in [-0.39, 0.29) is 12.5 Å². The quantitative estimate of drug-likeness (QED) is 0.816. The molecule has 0 bridgehead atoms. The zero-order valence-electron chi connectivity index (χ0n) is 9.23. The van der Waals surface area contributed by atoms with Gasteiger partial charge in [0.15, 0.2) is 0 Å². The van der Waals surface area contributed by atoms with Gasteiger partial charge in [-0.05, 0) is 25.0 Å². The van der Waals surface area contributed by atoms with Crippen LogP contribution in [0.3, 0.4) is 0 Å². The van der Waals surface area contributed by atoms with Gasteiger partial charge in [0, 0.05) is 25.8 Å². The van der Waals surface area contributed by atoms with E-state index in [1.165, 1.54) is 0 Å². The largest absolute Gasteiger partial charge is 0.396 e. The second-order valence-electron chi connectivity index (χ2n) is 3.57. The number of hydrogen-bond acceptors (Lipinski definition) is 2. The standard InChI is InChI=1S/C12H17NO2/c1-10-6-3-4-7-11(10)13(2)12(15)8-5-9-14/h3-4,6-7,14H,5,8-9H2,1-2H3. The first kappa shape index (κ1) is 11.7. The Morgan fingerprint density at radius 2 is 2.07 bits per heavy atom. The lowest BCUT2D eigenvalue weighted by Crippen LogP contribution is -2.26. The lowest BCUT2D eigenvalue weighted by atomic mass is 10.1. The molecule has 0 aliphatic heterocycles. The summed E-state index contributed by atoms with van der Waals surface area (Å²) in [7, 11) is 1.77. The lowest BCUT2D eigenvalue weighted by molar-refractivity contribution is -0.118. The molecule has 0 aliphatic rings. The Hall–Kier alpha value is -1.35. The molecular weight excluding hydrogens is 190 g/mol. The van der Waals surface area contributed by atoms with Crippen LogP contribution in [0.1, 0.15) is 18.4 Å². The fourth-order valence-electron chi connectivity index (χ4n) is 1.47. The van der Waals surface area contributed by atoms with Crippen molar-refractivity contribution in [1.29, 1.82) is 0 Å². The molecule has 0 aromatic heterocycles. The van der Waals surface area contributed by atoms with Crippen molar-refractivity contribution in [3.05, 3.63) is 29.8 Å². The van der Waals surface area contributed by atoms with Gasteiger partial charge in [-0.1, -0.05) is 18.2 Å². The van der Waals surface area contributed by atoms with E-state index < -0.39 is 0 Å². The number of nitrogens with zero attached hydrogens (tertiary/aromatic N) is 1. The number of para-hydroxylation sites is 1. The van der Waals surface area contributed by atoms with Crippen LogP contribution in [0.4, 0.5) is 5.69 Å². The summed E-state index contributed by atoms with van der Waals surface area (Å²) in [5, 5.41) is 8.65. The predicted octanol–water partition coefficient (Wildman–Crippen LogP) is 1.73. The summed E-state index contributed by atoms with van der Waals surface area (Å²) in [5.74, 6) is 0.0401. The number of aryl methyl sites for hydroxylation is 1. The number of anilines is 1. The molecule has 0 unspecified atom stereocenters. The Balaban J connectivity index is 2.72. The molecule has 0 atom stereocenters. The van der Waals surface area contributed by atoms with Gasteiger partial charge in [-0.25, -0.2) is 0 Å². The number of carbonyl (C=O) groups is 1. The second kappa shape index (κ2) is 5.51. The molecule has 15 heavy (non-hydrogen) atoms. The topological polar surface area (TPSA) is 40.5 Å². The fourth-order valence-corrected chi connectivity index (χ4v) is 1.47. The molecule has 3 heteroatoms. The molecule has 1 aromatic rings. The highest BCUT2D eigenvalue weighted by atomic mass is 16.3. The van der Waals surface area contributed by atoms with Gasteiger partial charge in [0.05, 0.1) is 0 Å². The van der Waals surface area contributed by atoms with E-state index in [9.17, 15) is 4.79 Å². The number of benzene rings is 1. The van der Waals surface area contributed by atoms with Crippen molar-refractivity contribution >= 4 is 11.6 Å². The first-order chi connectivity index (χ1) is 7.16. The highest BCUT2D eigenvalue weighted by Crippen LogP contribution is 2.18. The van der Waals surface area contributed by atoms with E-state index in [1.54, 1.807) is 11.9 Å². The normalized spacial score (nSPS) is 10.1. The molecule has 0 aliphatic carbocycles. The van der Waals surface area contributed by atoms with E-state index in [1.807, 2.05) is 31.2 Å². The smallest absolute Gasteiger partial charge is 0.226 e. The Labute approximate surface area is 90.3 Å². The summed E-state index contributed by atoms with van der Waals surface area (Å²) in [5.41, 5.74) is 2.01. The van der Waals surface area contributed by atoms with Crippen LogP contribution in [0.5, 0.6) is 0 Å². The van der Waals surface area contributed by atoms with Crippen molar-refractivity contribution in [3.63, 3.8) is 0 Å². The molecule has 82 valence electrons. The van der Waals surface area contributed by atoms with Gasteiger partial charge >= 0.3 is 0 Å². The molecule has 1 rings (SSSR count). The van der Waals surface area contributed by atoms with Crippen LogP contribution in [0, 0.1) is 6.92 Å². The van der Waals surface area contributed by atoms with E-state index in [0.29, 0.717) is 12.8 Å². The zero-order chi connectivity index (χ0) is 11.3. The van der Waals surface area contributed by atoms with Gasteiger partial charge in [-0.2, -0.15) is 0 Å². The molecule has 0 heterocycles. The number of carbonyl (C=O) groups excluding carboxylic acids is 1. The van der Waals surface area contributed by atoms with Crippen molar-refractivity contribution in [3.8, 4) is 0 Å². The van der Waals surface area contributed by atoms with E-state index in [4.69, 9.17) is 5.11 Å². The Kier molecular flexibility index (Phi) is 4.31. The first-order valence-corrected chi connectivity index (χ1v) is 5.10. The molecule has 1 aromatic carbocycles. The van der Waals surface area contributed by atoms with Crippen molar-refractivity contribution < 1.29 is 9.90 Å². The molecule has 3 nitrogen and oxygen atoms in total. The zero-order valence-corrected chi connectivity index (χ0v) is 9.23. The Morgan fingerprint density at radius 1 is 1.40 bits per heavy atom. The number of aliphatic hydroxyl groups excluding tert-OH is 1. The average molecular weight is 207 g/mol. The van der Waals surface area contributed by atoms with Crippen molar-refractivity contribution in [2.45, 2.75) is 19.8 Å². The number of aliphatic hydroxyl groups is 1. The molecule has 1 N–H and O–H groups in total. The lowest BCUT2D eigenvalue weighted by Gasteiger charge is -2.19. The summed E-state index contributed by atoms with van der Waals surface area (Å²) in [6, 6.07) is 7.76. The molecule has 0 radical (unpaired) electrons. The maximum Gasteiger partial charge on any atom is 0.226 e. The maximum absolute atomic E-state index is 11.7. The predicted molar refractivity (Wildman–Crippen MR) is 60.9 cm³/mol. The molecule has 0 fully saturated rings. The van der Waals surface area contributed by atoms with Crippen molar-refractivity contribution in [2.24, 2.45) is 0 Å². The Bertz CT molecular complexity index is 336. The van der Waals surface area contributed by atoms with Crippen LogP contribution < -0.4 is 4.90 Å². The number of amides is 1. The van der Waals surface area contributed by atoms with Gasteiger partial charge in [-0.3, -0.25) is 4.79 Å². The third-order valence-corrected chi connectivity index (χ3v) is 2.40. The number of rotatable bonds is 4. The maximum atomic E-state index is 11.7. The minimum absolute atomic E-state index is 0.0401. The minimum Gasteiger partial charge on any atom is -0.396 e. The summed E-state index contributed by atoms with van der Waals surface area (Å²) in [4.78, 5) is 13.3. The highest BCUT2D eigenvalue weighted by Gasteiger charge is 2.11. The molecular formula is C12H17NO2. The van der Waals surface area contributed by atoms with E-state index in [2.05, 4.69) is 0 Å². The average Bonchev–Trinajstić information content (AvgIpc) is 2.25. The molecule has 0 saturated heterocycles. The van der Waals surface area contributed by atoms with Crippen molar-refractivity contribution in [2.75, 3.05) is 18.6 Å².